The number of hydrogen-bond donors (Lipinski definition) is 2. The van der Waals surface area contributed by atoms with Crippen molar-refractivity contribution in [3.05, 3.63) is 42.2 Å². The molecule has 0 saturated heterocycles. The number of aromatic nitrogens is 2. The quantitative estimate of drug-likeness (QED) is 0.839. The summed E-state index contributed by atoms with van der Waals surface area (Å²) in [6.07, 6.45) is 0. The predicted octanol–water partition coefficient (Wildman–Crippen LogP) is 1.95. The third-order valence-electron chi connectivity index (χ3n) is 2.11. The minimum Gasteiger partial charge on any atom is -0.384 e. The lowest BCUT2D eigenvalue weighted by Gasteiger charge is -2.07. The molecule has 0 atom stereocenters. The van der Waals surface area contributed by atoms with E-state index in [9.17, 15) is 0 Å². The number of nitrogens with zero attached hydrogens (tertiary/aromatic N) is 2. The topological polar surface area (TPSA) is 73.1 Å². The minimum absolute atomic E-state index is 0.342. The number of nitrogen functional groups attached to an aromatic ring is 1. The van der Waals surface area contributed by atoms with Gasteiger partial charge in [0.1, 0.15) is 18.2 Å². The fourth-order valence-electron chi connectivity index (χ4n) is 1.44. The largest absolute Gasteiger partial charge is 0.384 e. The van der Waals surface area contributed by atoms with Crippen molar-refractivity contribution < 1.29 is 4.74 Å². The van der Waals surface area contributed by atoms with E-state index >= 15 is 0 Å². The van der Waals surface area contributed by atoms with Crippen LogP contribution in [0.4, 0.5) is 17.3 Å². The molecule has 5 heteroatoms. The van der Waals surface area contributed by atoms with E-state index in [2.05, 4.69) is 15.3 Å². The molecule has 1 aromatic carbocycles. The van der Waals surface area contributed by atoms with Crippen molar-refractivity contribution >= 4 is 17.3 Å². The van der Waals surface area contributed by atoms with Crippen molar-refractivity contribution in [3.63, 3.8) is 0 Å². The van der Waals surface area contributed by atoms with E-state index in [4.69, 9.17) is 10.5 Å². The summed E-state index contributed by atoms with van der Waals surface area (Å²) < 4.78 is 4.98. The molecule has 0 bridgehead atoms. The lowest BCUT2D eigenvalue weighted by Crippen LogP contribution is -2.04. The highest BCUT2D eigenvalue weighted by atomic mass is 16.5. The molecule has 0 fully saturated rings. The summed E-state index contributed by atoms with van der Waals surface area (Å²) in [5.74, 6) is 1.65. The minimum atomic E-state index is 0.342. The zero-order valence-corrected chi connectivity index (χ0v) is 9.55. The van der Waals surface area contributed by atoms with Gasteiger partial charge in [0.25, 0.3) is 0 Å². The van der Waals surface area contributed by atoms with E-state index in [-0.39, 0.29) is 0 Å². The van der Waals surface area contributed by atoms with Crippen molar-refractivity contribution in [1.29, 1.82) is 0 Å². The second-order valence-electron chi connectivity index (χ2n) is 3.52. The zero-order valence-electron chi connectivity index (χ0n) is 9.55. The second kappa shape index (κ2) is 5.27. The molecule has 2 rings (SSSR count). The number of methoxy groups -OCH3 is 1. The van der Waals surface area contributed by atoms with Crippen LogP contribution in [0.5, 0.6) is 0 Å². The highest BCUT2D eigenvalue weighted by Crippen LogP contribution is 2.15. The molecular formula is C12H14N4O. The van der Waals surface area contributed by atoms with Gasteiger partial charge in [-0.05, 0) is 12.1 Å². The molecule has 0 unspecified atom stereocenters. The van der Waals surface area contributed by atoms with E-state index in [1.165, 1.54) is 0 Å². The van der Waals surface area contributed by atoms with Crippen molar-refractivity contribution in [3.8, 4) is 0 Å². The van der Waals surface area contributed by atoms with Crippen LogP contribution in [0.3, 0.4) is 0 Å². The molecular weight excluding hydrogens is 216 g/mol. The fourth-order valence-corrected chi connectivity index (χ4v) is 1.44. The molecule has 0 amide bonds. The van der Waals surface area contributed by atoms with Gasteiger partial charge in [-0.15, -0.1) is 0 Å². The molecule has 0 aliphatic rings. The Kier molecular flexibility index (Phi) is 3.52. The van der Waals surface area contributed by atoms with Crippen LogP contribution in [0.25, 0.3) is 0 Å². The standard InChI is InChI=1S/C12H14N4O/c1-17-8-12-15-10(13)7-11(16-12)14-9-5-3-2-4-6-9/h2-7H,8H2,1H3,(H3,13,14,15,16). The SMILES string of the molecule is COCc1nc(N)cc(Nc2ccccc2)n1. The van der Waals surface area contributed by atoms with Crippen LogP contribution in [0.15, 0.2) is 36.4 Å². The Bertz CT molecular complexity index is 487. The Morgan fingerprint density at radius 2 is 2.00 bits per heavy atom. The maximum atomic E-state index is 5.70. The molecule has 17 heavy (non-hydrogen) atoms. The van der Waals surface area contributed by atoms with Crippen LogP contribution < -0.4 is 11.1 Å². The number of nitrogens with one attached hydrogen (secondary N) is 1. The van der Waals surface area contributed by atoms with Gasteiger partial charge in [-0.25, -0.2) is 9.97 Å². The molecule has 2 aromatic rings. The molecule has 0 spiro atoms. The third kappa shape index (κ3) is 3.15. The molecule has 0 aliphatic heterocycles. The smallest absolute Gasteiger partial charge is 0.158 e. The summed E-state index contributed by atoms with van der Waals surface area (Å²) in [4.78, 5) is 8.36. The highest BCUT2D eigenvalue weighted by Gasteiger charge is 2.02. The lowest BCUT2D eigenvalue weighted by molar-refractivity contribution is 0.178. The average Bonchev–Trinajstić information content (AvgIpc) is 2.30. The number of hydrogen-bond acceptors (Lipinski definition) is 5. The van der Waals surface area contributed by atoms with E-state index in [1.54, 1.807) is 13.2 Å². The lowest BCUT2D eigenvalue weighted by atomic mass is 10.3. The van der Waals surface area contributed by atoms with E-state index in [0.717, 1.165) is 5.69 Å². The van der Waals surface area contributed by atoms with Gasteiger partial charge in [0.2, 0.25) is 0 Å². The molecule has 1 heterocycles. The first-order chi connectivity index (χ1) is 8.28. The first kappa shape index (κ1) is 11.3. The van der Waals surface area contributed by atoms with Gasteiger partial charge >= 0.3 is 0 Å². The zero-order chi connectivity index (χ0) is 12.1. The van der Waals surface area contributed by atoms with Gasteiger partial charge in [0.05, 0.1) is 0 Å². The Labute approximate surface area is 99.7 Å². The first-order valence-electron chi connectivity index (χ1n) is 5.22. The molecule has 0 aliphatic carbocycles. The molecule has 5 nitrogen and oxygen atoms in total. The highest BCUT2D eigenvalue weighted by molar-refractivity contribution is 5.58. The summed E-state index contributed by atoms with van der Waals surface area (Å²) >= 11 is 0. The van der Waals surface area contributed by atoms with E-state index in [0.29, 0.717) is 24.1 Å². The summed E-state index contributed by atoms with van der Waals surface area (Å²) in [5, 5.41) is 3.16. The van der Waals surface area contributed by atoms with Crippen LogP contribution in [0, 0.1) is 0 Å². The Morgan fingerprint density at radius 1 is 1.24 bits per heavy atom. The normalized spacial score (nSPS) is 10.2. The first-order valence-corrected chi connectivity index (χ1v) is 5.22. The number of rotatable bonds is 4. The molecule has 0 radical (unpaired) electrons. The van der Waals surface area contributed by atoms with Gasteiger partial charge < -0.3 is 15.8 Å². The van der Waals surface area contributed by atoms with Gasteiger partial charge in [0, 0.05) is 18.9 Å². The predicted molar refractivity (Wildman–Crippen MR) is 66.9 cm³/mol. The van der Waals surface area contributed by atoms with E-state index in [1.807, 2.05) is 30.3 Å². The maximum Gasteiger partial charge on any atom is 0.158 e. The van der Waals surface area contributed by atoms with Crippen LogP contribution in [-0.2, 0) is 11.3 Å². The van der Waals surface area contributed by atoms with Gasteiger partial charge in [-0.1, -0.05) is 18.2 Å². The van der Waals surface area contributed by atoms with Crippen molar-refractivity contribution in [2.45, 2.75) is 6.61 Å². The summed E-state index contributed by atoms with van der Waals surface area (Å²) in [7, 11) is 1.59. The summed E-state index contributed by atoms with van der Waals surface area (Å²) in [6, 6.07) is 11.4. The number of para-hydroxylation sites is 1. The van der Waals surface area contributed by atoms with Crippen molar-refractivity contribution in [1.82, 2.24) is 9.97 Å². The summed E-state index contributed by atoms with van der Waals surface area (Å²) in [6.45, 7) is 0.342. The Hall–Kier alpha value is -2.14. The maximum absolute atomic E-state index is 5.70. The van der Waals surface area contributed by atoms with Gasteiger partial charge in [-0.2, -0.15) is 0 Å². The van der Waals surface area contributed by atoms with Crippen LogP contribution in [0.2, 0.25) is 0 Å². The van der Waals surface area contributed by atoms with Crippen LogP contribution in [0.1, 0.15) is 5.82 Å². The molecule has 0 saturated carbocycles. The molecule has 3 N–H and O–H groups in total. The van der Waals surface area contributed by atoms with Crippen molar-refractivity contribution in [2.24, 2.45) is 0 Å². The monoisotopic (exact) mass is 230 g/mol. The number of benzene rings is 1. The summed E-state index contributed by atoms with van der Waals surface area (Å²) in [5.41, 5.74) is 6.65. The van der Waals surface area contributed by atoms with Gasteiger partial charge in [-0.3, -0.25) is 0 Å². The Morgan fingerprint density at radius 3 is 2.71 bits per heavy atom. The van der Waals surface area contributed by atoms with Crippen LogP contribution >= 0.6 is 0 Å². The number of anilines is 3. The molecule has 88 valence electrons. The average molecular weight is 230 g/mol. The van der Waals surface area contributed by atoms with Crippen molar-refractivity contribution in [2.75, 3.05) is 18.2 Å². The Balaban J connectivity index is 2.21. The number of ether oxygens (including phenoxy) is 1. The molecule has 1 aromatic heterocycles. The number of nitrogens with two attached hydrogens (primary N) is 1. The fraction of sp³-hybridized carbons (Fsp3) is 0.167. The van der Waals surface area contributed by atoms with Crippen LogP contribution in [-0.4, -0.2) is 17.1 Å². The second-order valence-corrected chi connectivity index (χ2v) is 3.52. The third-order valence-corrected chi connectivity index (χ3v) is 2.11. The van der Waals surface area contributed by atoms with Gasteiger partial charge in [0.15, 0.2) is 5.82 Å². The van der Waals surface area contributed by atoms with E-state index < -0.39 is 0 Å².